The monoisotopic (exact) mass is 209 g/mol. The second kappa shape index (κ2) is 5.50. The summed E-state index contributed by atoms with van der Waals surface area (Å²) in [4.78, 5) is 8.30. The molecule has 0 amide bonds. The maximum Gasteiger partial charge on any atom is 0.239 e. The maximum atomic E-state index is 5.26. The van der Waals surface area contributed by atoms with Crippen molar-refractivity contribution in [3.63, 3.8) is 0 Å². The molecule has 5 nitrogen and oxygen atoms in total. The van der Waals surface area contributed by atoms with Gasteiger partial charge in [0.05, 0.1) is 0 Å². The summed E-state index contributed by atoms with van der Waals surface area (Å²) in [7, 11) is 0. The molecule has 0 fully saturated rings. The summed E-state index contributed by atoms with van der Waals surface area (Å²) in [6.07, 6.45) is 1.12. The Bertz CT molecular complexity index is 311. The van der Waals surface area contributed by atoms with Gasteiger partial charge in [-0.15, -0.1) is 0 Å². The average molecular weight is 209 g/mol. The number of nitrogens with zero attached hydrogens (tertiary/aromatic N) is 2. The summed E-state index contributed by atoms with van der Waals surface area (Å²) in [5.74, 6) is 7.21. The highest BCUT2D eigenvalue weighted by Gasteiger charge is 2.00. The molecule has 1 aromatic rings. The molecular weight excluding hydrogens is 190 g/mol. The smallest absolute Gasteiger partial charge is 0.239 e. The SMILES string of the molecule is Cc1cc(NCCC(C)C)nc(NN)n1. The van der Waals surface area contributed by atoms with Crippen molar-refractivity contribution in [2.24, 2.45) is 11.8 Å². The number of nitrogens with two attached hydrogens (primary N) is 1. The Kier molecular flexibility index (Phi) is 4.30. The zero-order valence-corrected chi connectivity index (χ0v) is 9.54. The number of aromatic nitrogens is 2. The van der Waals surface area contributed by atoms with Gasteiger partial charge < -0.3 is 5.32 Å². The van der Waals surface area contributed by atoms with E-state index in [1.54, 1.807) is 0 Å². The first-order valence-corrected chi connectivity index (χ1v) is 5.18. The highest BCUT2D eigenvalue weighted by atomic mass is 15.3. The van der Waals surface area contributed by atoms with Crippen LogP contribution in [0, 0.1) is 12.8 Å². The van der Waals surface area contributed by atoms with Gasteiger partial charge in [0.25, 0.3) is 0 Å². The van der Waals surface area contributed by atoms with Crippen LogP contribution in [-0.2, 0) is 0 Å². The van der Waals surface area contributed by atoms with E-state index >= 15 is 0 Å². The molecule has 0 saturated carbocycles. The van der Waals surface area contributed by atoms with Gasteiger partial charge >= 0.3 is 0 Å². The number of nitrogens with one attached hydrogen (secondary N) is 2. The van der Waals surface area contributed by atoms with E-state index in [-0.39, 0.29) is 0 Å². The molecule has 1 aromatic heterocycles. The van der Waals surface area contributed by atoms with E-state index in [1.807, 2.05) is 13.0 Å². The third-order valence-electron chi connectivity index (χ3n) is 2.01. The summed E-state index contributed by atoms with van der Waals surface area (Å²) in [5, 5.41) is 3.24. The predicted molar refractivity (Wildman–Crippen MR) is 62.5 cm³/mol. The van der Waals surface area contributed by atoms with Crippen LogP contribution in [0.15, 0.2) is 6.07 Å². The molecule has 4 N–H and O–H groups in total. The van der Waals surface area contributed by atoms with E-state index in [4.69, 9.17) is 5.84 Å². The summed E-state index contributed by atoms with van der Waals surface area (Å²) >= 11 is 0. The Labute approximate surface area is 90.5 Å². The molecule has 0 bridgehead atoms. The van der Waals surface area contributed by atoms with Crippen molar-refractivity contribution in [1.82, 2.24) is 9.97 Å². The fourth-order valence-corrected chi connectivity index (χ4v) is 1.21. The highest BCUT2D eigenvalue weighted by molar-refractivity contribution is 5.41. The summed E-state index contributed by atoms with van der Waals surface area (Å²) in [6, 6.07) is 1.90. The lowest BCUT2D eigenvalue weighted by molar-refractivity contribution is 0.606. The Morgan fingerprint density at radius 3 is 2.73 bits per heavy atom. The molecule has 0 aliphatic carbocycles. The molecule has 0 aromatic carbocycles. The molecule has 0 atom stereocenters. The van der Waals surface area contributed by atoms with Gasteiger partial charge in [0.1, 0.15) is 5.82 Å². The van der Waals surface area contributed by atoms with Crippen LogP contribution >= 0.6 is 0 Å². The molecule has 0 unspecified atom stereocenters. The second-order valence-electron chi connectivity index (χ2n) is 3.97. The molecule has 5 heteroatoms. The number of hydrogen-bond donors (Lipinski definition) is 3. The van der Waals surface area contributed by atoms with Crippen molar-refractivity contribution in [3.8, 4) is 0 Å². The number of aryl methyl sites for hydroxylation is 1. The van der Waals surface area contributed by atoms with E-state index < -0.39 is 0 Å². The zero-order valence-electron chi connectivity index (χ0n) is 9.54. The van der Waals surface area contributed by atoms with Crippen molar-refractivity contribution in [2.75, 3.05) is 17.3 Å². The lowest BCUT2D eigenvalue weighted by atomic mass is 10.1. The number of rotatable bonds is 5. The molecule has 0 aliphatic rings. The van der Waals surface area contributed by atoms with Gasteiger partial charge in [0, 0.05) is 18.3 Å². The maximum absolute atomic E-state index is 5.26. The number of hydrogen-bond acceptors (Lipinski definition) is 5. The van der Waals surface area contributed by atoms with E-state index in [9.17, 15) is 0 Å². The molecule has 0 aliphatic heterocycles. The molecule has 1 rings (SSSR count). The molecular formula is C10H19N5. The van der Waals surface area contributed by atoms with Crippen LogP contribution in [-0.4, -0.2) is 16.5 Å². The predicted octanol–water partition coefficient (Wildman–Crippen LogP) is 1.53. The van der Waals surface area contributed by atoms with Crippen molar-refractivity contribution in [2.45, 2.75) is 27.2 Å². The number of anilines is 2. The van der Waals surface area contributed by atoms with Gasteiger partial charge in [-0.3, -0.25) is 5.43 Å². The quantitative estimate of drug-likeness (QED) is 0.506. The van der Waals surface area contributed by atoms with Gasteiger partial charge in [0.15, 0.2) is 0 Å². The Morgan fingerprint density at radius 2 is 2.13 bits per heavy atom. The van der Waals surface area contributed by atoms with Crippen LogP contribution in [0.3, 0.4) is 0 Å². The van der Waals surface area contributed by atoms with Crippen LogP contribution in [0.2, 0.25) is 0 Å². The molecule has 1 heterocycles. The summed E-state index contributed by atoms with van der Waals surface area (Å²) in [5.41, 5.74) is 3.34. The minimum absolute atomic E-state index is 0.446. The average Bonchev–Trinajstić information content (AvgIpc) is 2.16. The number of nitrogen functional groups attached to an aromatic ring is 1. The number of hydrazine groups is 1. The van der Waals surface area contributed by atoms with E-state index in [0.717, 1.165) is 24.5 Å². The Morgan fingerprint density at radius 1 is 1.40 bits per heavy atom. The minimum Gasteiger partial charge on any atom is -0.370 e. The fraction of sp³-hybridized carbons (Fsp3) is 0.600. The molecule has 0 radical (unpaired) electrons. The van der Waals surface area contributed by atoms with Crippen molar-refractivity contribution < 1.29 is 0 Å². The van der Waals surface area contributed by atoms with E-state index in [1.165, 1.54) is 0 Å². The Balaban J connectivity index is 2.56. The normalized spacial score (nSPS) is 10.5. The molecule has 84 valence electrons. The van der Waals surface area contributed by atoms with Gasteiger partial charge in [0.2, 0.25) is 5.95 Å². The van der Waals surface area contributed by atoms with Crippen LogP contribution in [0.4, 0.5) is 11.8 Å². The lowest BCUT2D eigenvalue weighted by Crippen LogP contribution is -2.13. The van der Waals surface area contributed by atoms with Crippen molar-refractivity contribution >= 4 is 11.8 Å². The van der Waals surface area contributed by atoms with Gasteiger partial charge in [-0.25, -0.2) is 10.8 Å². The topological polar surface area (TPSA) is 75.9 Å². The first-order chi connectivity index (χ1) is 7.11. The van der Waals surface area contributed by atoms with Crippen LogP contribution in [0.5, 0.6) is 0 Å². The van der Waals surface area contributed by atoms with E-state index in [0.29, 0.717) is 11.9 Å². The van der Waals surface area contributed by atoms with Gasteiger partial charge in [-0.05, 0) is 19.3 Å². The molecule has 0 spiro atoms. The first kappa shape index (κ1) is 11.7. The summed E-state index contributed by atoms with van der Waals surface area (Å²) < 4.78 is 0. The largest absolute Gasteiger partial charge is 0.370 e. The molecule has 0 saturated heterocycles. The second-order valence-corrected chi connectivity index (χ2v) is 3.97. The first-order valence-electron chi connectivity index (χ1n) is 5.18. The Hall–Kier alpha value is -1.36. The summed E-state index contributed by atoms with van der Waals surface area (Å²) in [6.45, 7) is 7.22. The van der Waals surface area contributed by atoms with Crippen molar-refractivity contribution in [1.29, 1.82) is 0 Å². The van der Waals surface area contributed by atoms with Gasteiger partial charge in [-0.1, -0.05) is 13.8 Å². The van der Waals surface area contributed by atoms with Crippen molar-refractivity contribution in [3.05, 3.63) is 11.8 Å². The minimum atomic E-state index is 0.446. The molecule has 15 heavy (non-hydrogen) atoms. The fourth-order valence-electron chi connectivity index (χ4n) is 1.21. The zero-order chi connectivity index (χ0) is 11.3. The third-order valence-corrected chi connectivity index (χ3v) is 2.01. The van der Waals surface area contributed by atoms with E-state index in [2.05, 4.69) is 34.6 Å². The lowest BCUT2D eigenvalue weighted by Gasteiger charge is -2.09. The van der Waals surface area contributed by atoms with Crippen LogP contribution in [0.25, 0.3) is 0 Å². The van der Waals surface area contributed by atoms with Crippen LogP contribution in [0.1, 0.15) is 26.0 Å². The highest BCUT2D eigenvalue weighted by Crippen LogP contribution is 2.09. The standard InChI is InChI=1S/C10H19N5/c1-7(2)4-5-12-9-6-8(3)13-10(14-9)15-11/h6-7H,4-5,11H2,1-3H3,(H2,12,13,14,15). The third kappa shape index (κ3) is 4.12. The van der Waals surface area contributed by atoms with Crippen LogP contribution < -0.4 is 16.6 Å². The van der Waals surface area contributed by atoms with Gasteiger partial charge in [-0.2, -0.15) is 4.98 Å².